The summed E-state index contributed by atoms with van der Waals surface area (Å²) in [6.45, 7) is 9.38. The van der Waals surface area contributed by atoms with Gasteiger partial charge in [-0.05, 0) is 80.0 Å². The third-order valence-corrected chi connectivity index (χ3v) is 18.2. The number of fused-ring (bicyclic) bond motifs is 6. The third kappa shape index (κ3) is 11.0. The lowest BCUT2D eigenvalue weighted by Crippen LogP contribution is -2.81. The number of carbonyl (C=O) groups is 7. The van der Waals surface area contributed by atoms with Crippen molar-refractivity contribution in [3.05, 3.63) is 117 Å². The number of halogens is 1. The number of likely N-dealkylation sites (N-methyl/N-ethyl adjacent to an activating group) is 1. The molecule has 11 N–H and O–H groups in total. The quantitative estimate of drug-likeness (QED) is 0.0601. The van der Waals surface area contributed by atoms with Crippen molar-refractivity contribution < 1.29 is 93.7 Å². The van der Waals surface area contributed by atoms with E-state index < -0.39 is 94.2 Å². The molecule has 5 aliphatic heterocycles. The molecule has 4 aromatic rings. The standard InChI is InChI=1S/C52H60ClN5O7.2C4H6O6/c1-7-32-24-33-27-51(48(61)64-6,43-35(18-22-57(28-32)29-33)34-14-10-12-17-40(34)55-43)38-25-37-41(26-42(38)63-5)56(4)46-50(37)20-23-58-21-13-19-49(8-2,45(50)58)47(65-31(3)59)52(46,62)30-54-44(60)36-15-9-11-16-39(36)53;2*5-1(3(7)8)2(6)4(9)10/h9-17,19,24-26,33,45-47,55,62H,7-8,18,20-23,27-30H2,1-6H3,(H,54,60);2*1-2,5-6H,(H,7,8)(H,9,10)/t33-,45-,46+,47+,49+,50+,51-,52-;;/m0../s1. The number of aromatic nitrogens is 1. The molecule has 0 radical (unpaired) electrons. The number of ether oxygens (including phenoxy) is 3. The van der Waals surface area contributed by atoms with E-state index in [0.29, 0.717) is 43.7 Å². The van der Waals surface area contributed by atoms with Crippen LogP contribution in [-0.2, 0) is 55.5 Å². The molecule has 2 bridgehead atoms. The van der Waals surface area contributed by atoms with Crippen LogP contribution in [0, 0.1) is 11.3 Å². The first kappa shape index (κ1) is 63.6. The van der Waals surface area contributed by atoms with Gasteiger partial charge in [0, 0.05) is 90.9 Å². The van der Waals surface area contributed by atoms with Gasteiger partial charge < -0.3 is 75.4 Å². The Balaban J connectivity index is 0.000000403. The van der Waals surface area contributed by atoms with E-state index in [1.807, 2.05) is 19.2 Å². The van der Waals surface area contributed by atoms with Crippen LogP contribution in [0.15, 0.2) is 84.5 Å². The molecule has 1 amide bonds. The van der Waals surface area contributed by atoms with E-state index in [2.05, 4.69) is 81.3 Å². The van der Waals surface area contributed by atoms with Crippen LogP contribution in [0.3, 0.4) is 0 Å². The number of aliphatic hydroxyl groups excluding tert-OH is 4. The Morgan fingerprint density at radius 1 is 0.835 bits per heavy atom. The van der Waals surface area contributed by atoms with Crippen LogP contribution in [-0.4, -0.2) is 211 Å². The smallest absolute Gasteiger partial charge is 0.335 e. The van der Waals surface area contributed by atoms with Crippen molar-refractivity contribution in [2.45, 2.75) is 112 Å². The van der Waals surface area contributed by atoms with Crippen molar-refractivity contribution in [3.8, 4) is 5.75 Å². The summed E-state index contributed by atoms with van der Waals surface area (Å²) < 4.78 is 18.9. The predicted octanol–water partition coefficient (Wildman–Crippen LogP) is 2.46. The van der Waals surface area contributed by atoms with Crippen molar-refractivity contribution in [2.75, 3.05) is 65.4 Å². The molecule has 3 aromatic carbocycles. The van der Waals surface area contributed by atoms with Gasteiger partial charge in [-0.1, -0.05) is 79.6 Å². The number of para-hydroxylation sites is 1. The Bertz CT molecular complexity index is 3260. The van der Waals surface area contributed by atoms with E-state index in [4.69, 9.17) is 66.7 Å². The van der Waals surface area contributed by atoms with Crippen molar-refractivity contribution in [1.29, 1.82) is 0 Å². The summed E-state index contributed by atoms with van der Waals surface area (Å²) in [6, 6.07) is 18.4. The van der Waals surface area contributed by atoms with Crippen molar-refractivity contribution >= 4 is 69.9 Å². The monoisotopic (exact) mass is 1200 g/mol. The van der Waals surface area contributed by atoms with Crippen LogP contribution in [0.25, 0.3) is 10.9 Å². The zero-order valence-electron chi connectivity index (χ0n) is 47.7. The summed E-state index contributed by atoms with van der Waals surface area (Å²) >= 11 is 6.54. The maximum atomic E-state index is 15.5. The molecule has 1 aliphatic carbocycles. The molecule has 25 heteroatoms. The number of carboxylic acids is 4. The molecule has 13 atom stereocenters. The summed E-state index contributed by atoms with van der Waals surface area (Å²) in [5.41, 5.74) is 2.17. The zero-order chi connectivity index (χ0) is 62.2. The van der Waals surface area contributed by atoms with E-state index in [9.17, 15) is 33.9 Å². The Hall–Kier alpha value is -7.42. The number of aliphatic hydroxyl groups is 5. The van der Waals surface area contributed by atoms with Crippen molar-refractivity contribution in [2.24, 2.45) is 11.3 Å². The number of anilines is 1. The molecule has 6 aliphatic rings. The second-order valence-corrected chi connectivity index (χ2v) is 22.9. The first-order valence-corrected chi connectivity index (χ1v) is 28.2. The van der Waals surface area contributed by atoms with Gasteiger partial charge >= 0.3 is 35.8 Å². The highest BCUT2D eigenvalue weighted by molar-refractivity contribution is 6.33. The second kappa shape index (κ2) is 24.9. The fraction of sp³-hybridized carbons (Fsp3) is 0.483. The van der Waals surface area contributed by atoms with Crippen LogP contribution in [0.5, 0.6) is 5.75 Å². The number of methoxy groups -OCH3 is 2. The second-order valence-electron chi connectivity index (χ2n) is 22.5. The number of benzene rings is 3. The van der Waals surface area contributed by atoms with Gasteiger partial charge in [0.2, 0.25) is 0 Å². The number of hydrogen-bond donors (Lipinski definition) is 11. The molecule has 6 heterocycles. The van der Waals surface area contributed by atoms with Crippen molar-refractivity contribution in [1.82, 2.24) is 20.1 Å². The minimum absolute atomic E-state index is 0.0193. The van der Waals surface area contributed by atoms with Crippen LogP contribution in [0.1, 0.15) is 79.2 Å². The molecule has 1 saturated heterocycles. The first-order chi connectivity index (χ1) is 40.2. The molecule has 458 valence electrons. The minimum Gasteiger partial charge on any atom is -0.496 e. The molecule has 5 unspecified atom stereocenters. The van der Waals surface area contributed by atoms with Gasteiger partial charge in [0.25, 0.3) is 5.91 Å². The van der Waals surface area contributed by atoms with Gasteiger partial charge in [-0.25, -0.2) is 19.2 Å². The Kier molecular flexibility index (Phi) is 18.6. The number of aliphatic carboxylic acids is 4. The number of aromatic amines is 1. The lowest BCUT2D eigenvalue weighted by Gasteiger charge is -2.64. The van der Waals surface area contributed by atoms with E-state index in [-0.39, 0.29) is 35.1 Å². The summed E-state index contributed by atoms with van der Waals surface area (Å²) in [6.07, 6.45) is -0.161. The number of rotatable bonds is 15. The molecule has 1 aromatic heterocycles. The largest absolute Gasteiger partial charge is 0.496 e. The average Bonchev–Trinajstić information content (AvgIpc) is 1.55. The van der Waals surface area contributed by atoms with Crippen LogP contribution in [0.4, 0.5) is 5.69 Å². The molecule has 1 spiro atoms. The number of carbonyl (C=O) groups excluding carboxylic acids is 3. The molecular formula is C60H72ClN5O19. The van der Waals surface area contributed by atoms with Crippen molar-refractivity contribution in [3.63, 3.8) is 0 Å². The normalized spacial score (nSPS) is 28.4. The predicted molar refractivity (Wildman–Crippen MR) is 305 cm³/mol. The summed E-state index contributed by atoms with van der Waals surface area (Å²) in [5, 5.41) is 83.4. The molecule has 1 saturated carbocycles. The Morgan fingerprint density at radius 2 is 1.46 bits per heavy atom. The van der Waals surface area contributed by atoms with Gasteiger partial charge in [-0.3, -0.25) is 24.2 Å². The topological polar surface area (TPSA) is 367 Å². The molecular weight excluding hydrogens is 1130 g/mol. The van der Waals surface area contributed by atoms with Gasteiger partial charge in [0.15, 0.2) is 24.4 Å². The fourth-order valence-electron chi connectivity index (χ4n) is 14.5. The molecule has 24 nitrogen and oxygen atoms in total. The highest BCUT2D eigenvalue weighted by Crippen LogP contribution is 2.68. The Morgan fingerprint density at radius 3 is 2.04 bits per heavy atom. The molecule has 10 rings (SSSR count). The number of H-pyrrole nitrogens is 1. The number of hydrogen-bond acceptors (Lipinski definition) is 18. The minimum atomic E-state index is -2.27. The number of amides is 1. The number of nitrogens with one attached hydrogen (secondary N) is 2. The summed E-state index contributed by atoms with van der Waals surface area (Å²) in [5.74, 6) is -7.87. The van der Waals surface area contributed by atoms with E-state index in [1.165, 1.54) is 19.6 Å². The third-order valence-electron chi connectivity index (χ3n) is 17.9. The zero-order valence-corrected chi connectivity index (χ0v) is 48.5. The number of nitrogens with zero attached hydrogens (tertiary/aromatic N) is 3. The molecule has 2 fully saturated rings. The SMILES string of the molecule is CCC1=C[C@@H]2CN(CCc3c([nH]c4ccccc34)[C@@](C(=O)OC)(c3cc4c(cc3OC)N(C)[C@H]3[C@@](O)(CNC(=O)c5ccccc5Cl)[C@H](OC(C)=O)[C@]5(CC)C=CCN6CC[C@]43[C@@H]65)C2)C1.O=C(O)C(O)C(O)C(=O)O.O=C(O)C(O)C(O)C(=O)O. The van der Waals surface area contributed by atoms with Crippen LogP contribution < -0.4 is 15.0 Å². The summed E-state index contributed by atoms with van der Waals surface area (Å²) in [7, 11) is 5.11. The van der Waals surface area contributed by atoms with Gasteiger partial charge in [0.1, 0.15) is 22.9 Å². The van der Waals surface area contributed by atoms with E-state index >= 15 is 4.79 Å². The van der Waals surface area contributed by atoms with Crippen LogP contribution in [0.2, 0.25) is 5.02 Å². The number of esters is 2. The van der Waals surface area contributed by atoms with Crippen LogP contribution >= 0.6 is 11.6 Å². The van der Waals surface area contributed by atoms with Gasteiger partial charge in [-0.2, -0.15) is 0 Å². The Labute approximate surface area is 493 Å². The lowest BCUT2D eigenvalue weighted by atomic mass is 9.47. The van der Waals surface area contributed by atoms with E-state index in [0.717, 1.165) is 65.9 Å². The maximum absolute atomic E-state index is 15.5. The number of carboxylic acid groups (broad SMARTS) is 4. The van der Waals surface area contributed by atoms with Gasteiger partial charge in [0.05, 0.1) is 37.4 Å². The first-order valence-electron chi connectivity index (χ1n) is 27.8. The molecule has 85 heavy (non-hydrogen) atoms. The lowest BCUT2D eigenvalue weighted by molar-refractivity contribution is -0.216. The highest BCUT2D eigenvalue weighted by Gasteiger charge is 2.78. The maximum Gasteiger partial charge on any atom is 0.335 e. The highest BCUT2D eigenvalue weighted by atomic mass is 35.5. The van der Waals surface area contributed by atoms with Gasteiger partial charge in [-0.15, -0.1) is 0 Å². The summed E-state index contributed by atoms with van der Waals surface area (Å²) in [4.78, 5) is 92.8. The fourth-order valence-corrected chi connectivity index (χ4v) is 14.7. The van der Waals surface area contributed by atoms with E-state index in [1.54, 1.807) is 31.4 Å². The average molecular weight is 1200 g/mol.